The van der Waals surface area contributed by atoms with Crippen molar-refractivity contribution in [1.82, 2.24) is 24.9 Å². The summed E-state index contributed by atoms with van der Waals surface area (Å²) in [5.74, 6) is 1.47. The second-order valence-electron chi connectivity index (χ2n) is 11.7. The standard InChI is InChI=1S/C22H14N2.C21H13N3/c1-2-7-16-15(6-1)10-11-19-17-8-3-4-9-18(17)21(14-20(16)19)22-23-12-5-13-24-22;1-2-6-15-14(5-1)9-10-18-16-7-3-4-8-17(16)20(11-19(15)18)21-23-12-22-13-24-21/h1-14H;1-13H. The Morgan fingerprint density at radius 1 is 0.292 bits per heavy atom. The van der Waals surface area contributed by atoms with Crippen molar-refractivity contribution in [2.45, 2.75) is 0 Å². The molecule has 0 aliphatic heterocycles. The minimum atomic E-state index is 0.705. The van der Waals surface area contributed by atoms with Crippen molar-refractivity contribution in [1.29, 1.82) is 0 Å². The number of rotatable bonds is 2. The van der Waals surface area contributed by atoms with Crippen molar-refractivity contribution < 1.29 is 0 Å². The molecule has 5 heteroatoms. The van der Waals surface area contributed by atoms with Crippen LogP contribution < -0.4 is 0 Å². The van der Waals surface area contributed by atoms with Gasteiger partial charge in [0.15, 0.2) is 11.6 Å². The van der Waals surface area contributed by atoms with E-state index in [0.717, 1.165) is 22.3 Å². The highest BCUT2D eigenvalue weighted by Crippen LogP contribution is 2.38. The molecule has 0 N–H and O–H groups in total. The molecule has 10 aromatic rings. The Bertz CT molecular complexity index is 2590. The van der Waals surface area contributed by atoms with Crippen LogP contribution in [0, 0.1) is 0 Å². The molecule has 8 aromatic carbocycles. The van der Waals surface area contributed by atoms with Crippen LogP contribution in [0.15, 0.2) is 165 Å². The average Bonchev–Trinajstić information content (AvgIpc) is 3.18. The average molecular weight is 614 g/mol. The van der Waals surface area contributed by atoms with E-state index < -0.39 is 0 Å². The van der Waals surface area contributed by atoms with Gasteiger partial charge in [0.05, 0.1) is 0 Å². The lowest BCUT2D eigenvalue weighted by Gasteiger charge is -2.11. The van der Waals surface area contributed by atoms with Crippen LogP contribution in [0.1, 0.15) is 0 Å². The van der Waals surface area contributed by atoms with Crippen molar-refractivity contribution in [2.24, 2.45) is 0 Å². The summed E-state index contributed by atoms with van der Waals surface area (Å²) in [6.45, 7) is 0. The van der Waals surface area contributed by atoms with E-state index in [-0.39, 0.29) is 0 Å². The molecule has 0 saturated carbocycles. The summed E-state index contributed by atoms with van der Waals surface area (Å²) in [7, 11) is 0. The minimum absolute atomic E-state index is 0.705. The SMILES string of the molecule is c1ccc2c(c1)ccc1c3ccccc3c(-c3ncncn3)cc21.c1cnc(-c2cc3c4ccccc4ccc3c3ccccc23)nc1. The fourth-order valence-corrected chi connectivity index (χ4v) is 6.91. The van der Waals surface area contributed by atoms with Crippen LogP contribution in [0.3, 0.4) is 0 Å². The van der Waals surface area contributed by atoms with Crippen LogP contribution in [-0.2, 0) is 0 Å². The quantitative estimate of drug-likeness (QED) is 0.182. The van der Waals surface area contributed by atoms with E-state index in [1.807, 2.05) is 6.07 Å². The Morgan fingerprint density at radius 3 is 1.19 bits per heavy atom. The van der Waals surface area contributed by atoms with Crippen LogP contribution >= 0.6 is 0 Å². The summed E-state index contributed by atoms with van der Waals surface area (Å²) in [4.78, 5) is 21.6. The molecule has 0 bridgehead atoms. The highest BCUT2D eigenvalue weighted by molar-refractivity contribution is 6.21. The second-order valence-corrected chi connectivity index (χ2v) is 11.7. The third kappa shape index (κ3) is 4.68. The molecule has 0 aliphatic carbocycles. The molecule has 0 radical (unpaired) electrons. The highest BCUT2D eigenvalue weighted by Gasteiger charge is 2.13. The van der Waals surface area contributed by atoms with Crippen molar-refractivity contribution in [3.63, 3.8) is 0 Å². The molecular formula is C43H27N5. The summed E-state index contributed by atoms with van der Waals surface area (Å²) in [5, 5.41) is 14.8. The van der Waals surface area contributed by atoms with Crippen LogP contribution in [0.25, 0.3) is 87.4 Å². The van der Waals surface area contributed by atoms with Crippen LogP contribution in [0.4, 0.5) is 0 Å². The highest BCUT2D eigenvalue weighted by atomic mass is 15.0. The van der Waals surface area contributed by atoms with Gasteiger partial charge in [0.1, 0.15) is 12.7 Å². The van der Waals surface area contributed by atoms with Crippen LogP contribution in [0.2, 0.25) is 0 Å². The lowest BCUT2D eigenvalue weighted by Crippen LogP contribution is -1.91. The van der Waals surface area contributed by atoms with Gasteiger partial charge in [-0.3, -0.25) is 0 Å². The maximum absolute atomic E-state index is 4.47. The second kappa shape index (κ2) is 11.6. The van der Waals surface area contributed by atoms with E-state index in [4.69, 9.17) is 0 Å². The fourth-order valence-electron chi connectivity index (χ4n) is 6.91. The maximum atomic E-state index is 4.47. The normalized spacial score (nSPS) is 11.3. The number of aromatic nitrogens is 5. The molecule has 0 saturated heterocycles. The van der Waals surface area contributed by atoms with E-state index >= 15 is 0 Å². The summed E-state index contributed by atoms with van der Waals surface area (Å²) in [6.07, 6.45) is 6.68. The topological polar surface area (TPSA) is 64.5 Å². The van der Waals surface area contributed by atoms with Gasteiger partial charge in [0, 0.05) is 23.5 Å². The molecule has 0 unspecified atom stereocenters. The van der Waals surface area contributed by atoms with Gasteiger partial charge in [-0.15, -0.1) is 0 Å². The molecule has 0 fully saturated rings. The first kappa shape index (κ1) is 27.7. The molecular weight excluding hydrogens is 587 g/mol. The molecule has 0 amide bonds. The first-order valence-corrected chi connectivity index (χ1v) is 15.9. The van der Waals surface area contributed by atoms with E-state index in [9.17, 15) is 0 Å². The molecule has 0 atom stereocenters. The van der Waals surface area contributed by atoms with Gasteiger partial charge in [-0.2, -0.15) is 0 Å². The number of hydrogen-bond acceptors (Lipinski definition) is 5. The van der Waals surface area contributed by atoms with Gasteiger partial charge in [0.2, 0.25) is 0 Å². The summed E-state index contributed by atoms with van der Waals surface area (Å²) in [5.41, 5.74) is 2.12. The molecule has 0 aliphatic rings. The monoisotopic (exact) mass is 613 g/mol. The smallest absolute Gasteiger partial charge is 0.163 e. The van der Waals surface area contributed by atoms with Crippen molar-refractivity contribution in [3.8, 4) is 22.8 Å². The Hall–Kier alpha value is -6.59. The Morgan fingerprint density at radius 2 is 0.688 bits per heavy atom. The Kier molecular flexibility index (Phi) is 6.72. The largest absolute Gasteiger partial charge is 0.237 e. The van der Waals surface area contributed by atoms with Crippen LogP contribution in [0.5, 0.6) is 0 Å². The van der Waals surface area contributed by atoms with E-state index in [1.165, 1.54) is 59.2 Å². The van der Waals surface area contributed by atoms with Crippen molar-refractivity contribution in [3.05, 3.63) is 165 Å². The van der Waals surface area contributed by atoms with Gasteiger partial charge in [-0.25, -0.2) is 24.9 Å². The fraction of sp³-hybridized carbons (Fsp3) is 0. The molecule has 2 aromatic heterocycles. The molecule has 224 valence electrons. The zero-order valence-corrected chi connectivity index (χ0v) is 25.8. The third-order valence-electron chi connectivity index (χ3n) is 9.07. The minimum Gasteiger partial charge on any atom is -0.237 e. The van der Waals surface area contributed by atoms with Crippen LogP contribution in [-0.4, -0.2) is 24.9 Å². The van der Waals surface area contributed by atoms with Gasteiger partial charge < -0.3 is 0 Å². The number of hydrogen-bond donors (Lipinski definition) is 0. The predicted molar refractivity (Wildman–Crippen MR) is 198 cm³/mol. The Labute approximate surface area is 276 Å². The summed E-state index contributed by atoms with van der Waals surface area (Å²) < 4.78 is 0. The number of nitrogens with zero attached hydrogens (tertiary/aromatic N) is 5. The number of fused-ring (bicyclic) bond motifs is 10. The summed E-state index contributed by atoms with van der Waals surface area (Å²) >= 11 is 0. The first-order chi connectivity index (χ1) is 23.8. The van der Waals surface area contributed by atoms with Gasteiger partial charge in [0.25, 0.3) is 0 Å². The predicted octanol–water partition coefficient (Wildman–Crippen LogP) is 10.6. The van der Waals surface area contributed by atoms with Crippen molar-refractivity contribution in [2.75, 3.05) is 0 Å². The molecule has 48 heavy (non-hydrogen) atoms. The first-order valence-electron chi connectivity index (χ1n) is 15.9. The number of benzene rings is 8. The van der Waals surface area contributed by atoms with Gasteiger partial charge in [-0.05, 0) is 82.8 Å². The lowest BCUT2D eigenvalue weighted by atomic mass is 9.93. The van der Waals surface area contributed by atoms with Gasteiger partial charge >= 0.3 is 0 Å². The molecule has 5 nitrogen and oxygen atoms in total. The molecule has 10 rings (SSSR count). The maximum Gasteiger partial charge on any atom is 0.163 e. The lowest BCUT2D eigenvalue weighted by molar-refractivity contribution is 1.06. The molecule has 2 heterocycles. The molecule has 0 spiro atoms. The van der Waals surface area contributed by atoms with Gasteiger partial charge in [-0.1, -0.05) is 121 Å². The Balaban J connectivity index is 0.000000131. The summed E-state index contributed by atoms with van der Waals surface area (Å²) in [6, 6.07) is 49.0. The van der Waals surface area contributed by atoms with E-state index in [2.05, 4.69) is 158 Å². The zero-order valence-electron chi connectivity index (χ0n) is 25.8. The van der Waals surface area contributed by atoms with E-state index in [0.29, 0.717) is 5.82 Å². The van der Waals surface area contributed by atoms with Crippen molar-refractivity contribution >= 4 is 64.6 Å². The zero-order chi connectivity index (χ0) is 31.9. The third-order valence-corrected chi connectivity index (χ3v) is 9.07. The van der Waals surface area contributed by atoms with E-state index in [1.54, 1.807) is 25.0 Å².